The summed E-state index contributed by atoms with van der Waals surface area (Å²) in [5.74, 6) is 0.00271. The molecule has 2 aromatic heterocycles. The van der Waals surface area contributed by atoms with Crippen LogP contribution in [0.25, 0.3) is 0 Å². The van der Waals surface area contributed by atoms with E-state index in [1.54, 1.807) is 36.5 Å². The van der Waals surface area contributed by atoms with Crippen molar-refractivity contribution in [2.24, 2.45) is 0 Å². The summed E-state index contributed by atoms with van der Waals surface area (Å²) in [5.41, 5.74) is 7.73. The molecule has 98 valence electrons. The highest BCUT2D eigenvalue weighted by Crippen LogP contribution is 2.05. The Kier molecular flexibility index (Phi) is 4.07. The highest BCUT2D eigenvalue weighted by atomic mass is 16.2. The summed E-state index contributed by atoms with van der Waals surface area (Å²) in [7, 11) is 1.76. The molecule has 5 nitrogen and oxygen atoms in total. The van der Waals surface area contributed by atoms with Gasteiger partial charge in [-0.15, -0.1) is 0 Å². The second-order valence-corrected chi connectivity index (χ2v) is 4.33. The number of anilines is 1. The van der Waals surface area contributed by atoms with Crippen LogP contribution in [0.3, 0.4) is 0 Å². The molecule has 19 heavy (non-hydrogen) atoms. The summed E-state index contributed by atoms with van der Waals surface area (Å²) in [4.78, 5) is 22.0. The minimum absolute atomic E-state index is 0.00271. The maximum Gasteiger partial charge on any atom is 0.228 e. The van der Waals surface area contributed by atoms with Gasteiger partial charge in [0.1, 0.15) is 0 Å². The number of nitrogen functional groups attached to an aromatic ring is 1. The van der Waals surface area contributed by atoms with Gasteiger partial charge in [0.25, 0.3) is 0 Å². The molecule has 2 aromatic rings. The minimum Gasteiger partial charge on any atom is -0.397 e. The van der Waals surface area contributed by atoms with E-state index in [9.17, 15) is 4.79 Å². The van der Waals surface area contributed by atoms with Crippen molar-refractivity contribution < 1.29 is 4.79 Å². The standard InChI is InChI=1S/C14H16N4O/c1-18(10-13-4-2-3-7-16-13)14(19)8-12-6-5-11(15)9-17-12/h2-7,9H,8,10,15H2,1H3. The summed E-state index contributed by atoms with van der Waals surface area (Å²) in [5, 5.41) is 0. The molecule has 0 unspecified atom stereocenters. The number of hydrogen-bond acceptors (Lipinski definition) is 4. The van der Waals surface area contributed by atoms with Gasteiger partial charge < -0.3 is 10.6 Å². The third kappa shape index (κ3) is 3.77. The highest BCUT2D eigenvalue weighted by molar-refractivity contribution is 5.78. The summed E-state index contributed by atoms with van der Waals surface area (Å²) in [6, 6.07) is 9.16. The van der Waals surface area contributed by atoms with E-state index in [1.807, 2.05) is 18.2 Å². The molecule has 0 saturated heterocycles. The lowest BCUT2D eigenvalue weighted by atomic mass is 10.2. The SMILES string of the molecule is CN(Cc1ccccn1)C(=O)Cc1ccc(N)cn1. The molecule has 0 spiro atoms. The van der Waals surface area contributed by atoms with Gasteiger partial charge in [-0.25, -0.2) is 0 Å². The number of likely N-dealkylation sites (N-methyl/N-ethyl adjacent to an activating group) is 1. The number of nitrogens with zero attached hydrogens (tertiary/aromatic N) is 3. The maximum atomic E-state index is 12.0. The van der Waals surface area contributed by atoms with Crippen LogP contribution in [-0.4, -0.2) is 27.8 Å². The Morgan fingerprint density at radius 1 is 1.21 bits per heavy atom. The van der Waals surface area contributed by atoms with Gasteiger partial charge in [-0.3, -0.25) is 14.8 Å². The first kappa shape index (κ1) is 13.0. The quantitative estimate of drug-likeness (QED) is 0.894. The lowest BCUT2D eigenvalue weighted by Crippen LogP contribution is -2.28. The van der Waals surface area contributed by atoms with Crippen LogP contribution < -0.4 is 5.73 Å². The number of pyridine rings is 2. The van der Waals surface area contributed by atoms with E-state index >= 15 is 0 Å². The Balaban J connectivity index is 1.94. The molecule has 0 fully saturated rings. The van der Waals surface area contributed by atoms with Gasteiger partial charge in [0, 0.05) is 18.9 Å². The summed E-state index contributed by atoms with van der Waals surface area (Å²) in [6.45, 7) is 0.495. The van der Waals surface area contributed by atoms with Crippen LogP contribution in [-0.2, 0) is 17.8 Å². The fourth-order valence-corrected chi connectivity index (χ4v) is 1.65. The van der Waals surface area contributed by atoms with Crippen molar-refractivity contribution in [3.8, 4) is 0 Å². The average molecular weight is 256 g/mol. The minimum atomic E-state index is 0.00271. The molecule has 0 aromatic carbocycles. The number of rotatable bonds is 4. The zero-order valence-corrected chi connectivity index (χ0v) is 10.8. The van der Waals surface area contributed by atoms with Crippen molar-refractivity contribution in [3.63, 3.8) is 0 Å². The van der Waals surface area contributed by atoms with E-state index in [1.165, 1.54) is 0 Å². The van der Waals surface area contributed by atoms with Crippen LogP contribution in [0, 0.1) is 0 Å². The van der Waals surface area contributed by atoms with Crippen molar-refractivity contribution in [2.45, 2.75) is 13.0 Å². The average Bonchev–Trinajstić information content (AvgIpc) is 2.42. The Bertz CT molecular complexity index is 539. The third-order valence-corrected chi connectivity index (χ3v) is 2.73. The van der Waals surface area contributed by atoms with Crippen LogP contribution in [0.4, 0.5) is 5.69 Å². The molecule has 2 rings (SSSR count). The topological polar surface area (TPSA) is 72.1 Å². The Hall–Kier alpha value is -2.43. The van der Waals surface area contributed by atoms with Crippen molar-refractivity contribution in [3.05, 3.63) is 54.1 Å². The molecule has 1 amide bonds. The van der Waals surface area contributed by atoms with Crippen molar-refractivity contribution in [1.29, 1.82) is 0 Å². The smallest absolute Gasteiger partial charge is 0.228 e. The molecule has 0 aliphatic heterocycles. The van der Waals surface area contributed by atoms with E-state index in [2.05, 4.69) is 9.97 Å². The Labute approximate surface area is 112 Å². The van der Waals surface area contributed by atoms with Gasteiger partial charge in [0.15, 0.2) is 0 Å². The second kappa shape index (κ2) is 5.95. The van der Waals surface area contributed by atoms with Crippen molar-refractivity contribution in [2.75, 3.05) is 12.8 Å². The van der Waals surface area contributed by atoms with E-state index < -0.39 is 0 Å². The highest BCUT2D eigenvalue weighted by Gasteiger charge is 2.11. The monoisotopic (exact) mass is 256 g/mol. The number of carbonyl (C=O) groups is 1. The fourth-order valence-electron chi connectivity index (χ4n) is 1.65. The van der Waals surface area contributed by atoms with Crippen LogP contribution in [0.1, 0.15) is 11.4 Å². The summed E-state index contributed by atoms with van der Waals surface area (Å²) >= 11 is 0. The predicted molar refractivity (Wildman–Crippen MR) is 73.1 cm³/mol. The van der Waals surface area contributed by atoms with Crippen LogP contribution >= 0.6 is 0 Å². The number of nitrogens with two attached hydrogens (primary N) is 1. The molecule has 0 bridgehead atoms. The number of aromatic nitrogens is 2. The first-order chi connectivity index (χ1) is 9.15. The summed E-state index contributed by atoms with van der Waals surface area (Å²) in [6.07, 6.45) is 3.54. The largest absolute Gasteiger partial charge is 0.397 e. The predicted octanol–water partition coefficient (Wildman–Crippen LogP) is 1.26. The second-order valence-electron chi connectivity index (χ2n) is 4.33. The molecule has 0 radical (unpaired) electrons. The lowest BCUT2D eigenvalue weighted by molar-refractivity contribution is -0.129. The van der Waals surface area contributed by atoms with Crippen molar-refractivity contribution >= 4 is 11.6 Å². The third-order valence-electron chi connectivity index (χ3n) is 2.73. The molecule has 0 saturated carbocycles. The lowest BCUT2D eigenvalue weighted by Gasteiger charge is -2.16. The van der Waals surface area contributed by atoms with Crippen LogP contribution in [0.15, 0.2) is 42.7 Å². The zero-order chi connectivity index (χ0) is 13.7. The van der Waals surface area contributed by atoms with Gasteiger partial charge in [0.2, 0.25) is 5.91 Å². The Morgan fingerprint density at radius 3 is 2.68 bits per heavy atom. The molecule has 5 heteroatoms. The first-order valence-electron chi connectivity index (χ1n) is 5.99. The number of carbonyl (C=O) groups excluding carboxylic acids is 1. The van der Waals surface area contributed by atoms with Gasteiger partial charge >= 0.3 is 0 Å². The summed E-state index contributed by atoms with van der Waals surface area (Å²) < 4.78 is 0. The first-order valence-corrected chi connectivity index (χ1v) is 5.99. The van der Waals surface area contributed by atoms with Gasteiger partial charge in [-0.05, 0) is 24.3 Å². The number of amides is 1. The zero-order valence-electron chi connectivity index (χ0n) is 10.8. The molecule has 0 atom stereocenters. The van der Waals surface area contributed by atoms with E-state index in [4.69, 9.17) is 5.73 Å². The molecule has 2 heterocycles. The van der Waals surface area contributed by atoms with E-state index in [0.29, 0.717) is 17.9 Å². The number of hydrogen-bond donors (Lipinski definition) is 1. The maximum absolute atomic E-state index is 12.0. The molecular formula is C14H16N4O. The molecule has 0 aliphatic carbocycles. The molecule has 2 N–H and O–H groups in total. The van der Waals surface area contributed by atoms with Gasteiger partial charge in [-0.1, -0.05) is 6.07 Å². The van der Waals surface area contributed by atoms with Crippen molar-refractivity contribution in [1.82, 2.24) is 14.9 Å². The Morgan fingerprint density at radius 2 is 2.05 bits per heavy atom. The molecule has 0 aliphatic rings. The van der Waals surface area contributed by atoms with Crippen LogP contribution in [0.2, 0.25) is 0 Å². The van der Waals surface area contributed by atoms with Crippen LogP contribution in [0.5, 0.6) is 0 Å². The van der Waals surface area contributed by atoms with Gasteiger partial charge in [0.05, 0.1) is 30.5 Å². The van der Waals surface area contributed by atoms with E-state index in [-0.39, 0.29) is 12.3 Å². The molecular weight excluding hydrogens is 240 g/mol. The van der Waals surface area contributed by atoms with E-state index in [0.717, 1.165) is 5.69 Å². The fraction of sp³-hybridized carbons (Fsp3) is 0.214. The normalized spacial score (nSPS) is 10.2. The van der Waals surface area contributed by atoms with Gasteiger partial charge in [-0.2, -0.15) is 0 Å².